The molecule has 1 atom stereocenters. The van der Waals surface area contributed by atoms with E-state index in [0.29, 0.717) is 17.6 Å². The molecule has 0 aliphatic carbocycles. The molecule has 1 saturated heterocycles. The van der Waals surface area contributed by atoms with Gasteiger partial charge in [0.2, 0.25) is 0 Å². The van der Waals surface area contributed by atoms with Crippen molar-refractivity contribution in [2.24, 2.45) is 0 Å². The number of hydrogen-bond acceptors (Lipinski definition) is 4. The number of halogens is 2. The smallest absolute Gasteiger partial charge is 0.152 e. The van der Waals surface area contributed by atoms with Gasteiger partial charge in [-0.25, -0.2) is 12.8 Å². The van der Waals surface area contributed by atoms with E-state index >= 15 is 0 Å². The van der Waals surface area contributed by atoms with E-state index < -0.39 is 9.84 Å². The fourth-order valence-electron chi connectivity index (χ4n) is 2.65. The third-order valence-electron chi connectivity index (χ3n) is 4.09. The second-order valence-electron chi connectivity index (χ2n) is 5.79. The van der Waals surface area contributed by atoms with Crippen LogP contribution in [0.2, 0.25) is 0 Å². The molecule has 0 radical (unpaired) electrons. The van der Waals surface area contributed by atoms with Crippen LogP contribution in [0.3, 0.4) is 0 Å². The first-order valence-electron chi connectivity index (χ1n) is 7.40. The summed E-state index contributed by atoms with van der Waals surface area (Å²) in [5.74, 6) is 0.245. The van der Waals surface area contributed by atoms with Crippen LogP contribution in [-0.2, 0) is 9.84 Å². The molecule has 1 fully saturated rings. The summed E-state index contributed by atoms with van der Waals surface area (Å²) in [4.78, 5) is 2.15. The first kappa shape index (κ1) is 17.8. The van der Waals surface area contributed by atoms with Crippen molar-refractivity contribution < 1.29 is 12.8 Å². The van der Waals surface area contributed by atoms with Crippen molar-refractivity contribution in [3.8, 4) is 0 Å². The normalized spacial score (nSPS) is 20.0. The number of sulfone groups is 1. The van der Waals surface area contributed by atoms with Gasteiger partial charge >= 0.3 is 0 Å². The molecule has 0 saturated carbocycles. The number of rotatable bonds is 5. The summed E-state index contributed by atoms with van der Waals surface area (Å²) < 4.78 is 36.9. The first-order chi connectivity index (χ1) is 10.3. The van der Waals surface area contributed by atoms with Gasteiger partial charge in [-0.2, -0.15) is 0 Å². The van der Waals surface area contributed by atoms with E-state index in [2.05, 4.69) is 26.1 Å². The van der Waals surface area contributed by atoms with Gasteiger partial charge in [-0.3, -0.25) is 0 Å². The minimum absolute atomic E-state index is 0.0520. The number of benzene rings is 1. The predicted octanol–water partition coefficient (Wildman–Crippen LogP) is 2.28. The van der Waals surface area contributed by atoms with Gasteiger partial charge in [0.25, 0.3) is 0 Å². The molecular formula is C15H22BrFN2O2S. The Labute approximate surface area is 140 Å². The van der Waals surface area contributed by atoms with Crippen LogP contribution in [-0.4, -0.2) is 51.0 Å². The third-order valence-corrected chi connectivity index (χ3v) is 6.31. The first-order valence-corrected chi connectivity index (χ1v) is 10.0. The van der Waals surface area contributed by atoms with E-state index in [9.17, 15) is 12.8 Å². The van der Waals surface area contributed by atoms with E-state index in [1.807, 2.05) is 13.8 Å². The van der Waals surface area contributed by atoms with Gasteiger partial charge in [-0.1, -0.05) is 0 Å². The molecule has 0 unspecified atom stereocenters. The zero-order valence-electron chi connectivity index (χ0n) is 12.9. The van der Waals surface area contributed by atoms with E-state index in [-0.39, 0.29) is 23.4 Å². The van der Waals surface area contributed by atoms with Crippen LogP contribution < -0.4 is 5.32 Å². The molecule has 22 heavy (non-hydrogen) atoms. The molecule has 1 heterocycles. The van der Waals surface area contributed by atoms with Crippen LogP contribution in [0, 0.1) is 12.7 Å². The molecule has 1 aromatic rings. The van der Waals surface area contributed by atoms with Crippen LogP contribution in [0.15, 0.2) is 16.6 Å². The predicted molar refractivity (Wildman–Crippen MR) is 90.3 cm³/mol. The SMILES string of the molecule is Cc1cc(Br)c(F)cc1[C@H](C)NCCN1CCS(=O)(=O)CC1. The van der Waals surface area contributed by atoms with Gasteiger partial charge < -0.3 is 10.2 Å². The van der Waals surface area contributed by atoms with Crippen LogP contribution >= 0.6 is 15.9 Å². The number of aryl methyl sites for hydroxylation is 1. The molecule has 0 aromatic heterocycles. The fraction of sp³-hybridized carbons (Fsp3) is 0.600. The van der Waals surface area contributed by atoms with Crippen molar-refractivity contribution >= 4 is 25.8 Å². The minimum atomic E-state index is -2.82. The molecule has 1 N–H and O–H groups in total. The molecule has 1 aliphatic rings. The Balaban J connectivity index is 1.83. The lowest BCUT2D eigenvalue weighted by Gasteiger charge is -2.27. The summed E-state index contributed by atoms with van der Waals surface area (Å²) in [7, 11) is -2.82. The Morgan fingerprint density at radius 1 is 1.36 bits per heavy atom. The van der Waals surface area contributed by atoms with Crippen LogP contribution in [0.25, 0.3) is 0 Å². The molecule has 7 heteroatoms. The summed E-state index contributed by atoms with van der Waals surface area (Å²) >= 11 is 3.19. The maximum absolute atomic E-state index is 13.7. The van der Waals surface area contributed by atoms with Crippen molar-refractivity contribution in [1.82, 2.24) is 10.2 Å². The highest BCUT2D eigenvalue weighted by molar-refractivity contribution is 9.10. The summed E-state index contributed by atoms with van der Waals surface area (Å²) in [6.07, 6.45) is 0. The maximum Gasteiger partial charge on any atom is 0.152 e. The van der Waals surface area contributed by atoms with Crippen molar-refractivity contribution in [3.05, 3.63) is 33.5 Å². The highest BCUT2D eigenvalue weighted by Gasteiger charge is 2.21. The zero-order chi connectivity index (χ0) is 16.3. The second kappa shape index (κ2) is 7.38. The lowest BCUT2D eigenvalue weighted by Crippen LogP contribution is -2.43. The van der Waals surface area contributed by atoms with E-state index in [4.69, 9.17) is 0 Å². The standard InChI is InChI=1S/C15H22BrFN2O2S/c1-11-9-14(16)15(17)10-13(11)12(2)18-3-4-19-5-7-22(20,21)8-6-19/h9-10,12,18H,3-8H2,1-2H3/t12-/m0/s1. The second-order valence-corrected chi connectivity index (χ2v) is 8.95. The monoisotopic (exact) mass is 392 g/mol. The Morgan fingerprint density at radius 3 is 2.64 bits per heavy atom. The molecule has 2 rings (SSSR count). The quantitative estimate of drug-likeness (QED) is 0.834. The summed E-state index contributed by atoms with van der Waals surface area (Å²) in [5.41, 5.74) is 1.99. The molecule has 0 bridgehead atoms. The van der Waals surface area contributed by atoms with Crippen molar-refractivity contribution in [3.63, 3.8) is 0 Å². The topological polar surface area (TPSA) is 49.4 Å². The van der Waals surface area contributed by atoms with E-state index in [0.717, 1.165) is 24.2 Å². The maximum atomic E-state index is 13.7. The zero-order valence-corrected chi connectivity index (χ0v) is 15.3. The Morgan fingerprint density at radius 2 is 2.00 bits per heavy atom. The van der Waals surface area contributed by atoms with Crippen molar-refractivity contribution in [2.75, 3.05) is 37.7 Å². The van der Waals surface area contributed by atoms with E-state index in [1.165, 1.54) is 0 Å². The summed E-state index contributed by atoms with van der Waals surface area (Å²) in [5, 5.41) is 3.38. The lowest BCUT2D eigenvalue weighted by atomic mass is 10.0. The van der Waals surface area contributed by atoms with Gasteiger partial charge in [0.05, 0.1) is 16.0 Å². The molecule has 1 aromatic carbocycles. The van der Waals surface area contributed by atoms with Gasteiger partial charge in [0.15, 0.2) is 9.84 Å². The molecular weight excluding hydrogens is 371 g/mol. The van der Waals surface area contributed by atoms with Crippen LogP contribution in [0.5, 0.6) is 0 Å². The summed E-state index contributed by atoms with van der Waals surface area (Å²) in [6.45, 7) is 6.73. The van der Waals surface area contributed by atoms with Gasteiger partial charge in [0.1, 0.15) is 5.82 Å². The van der Waals surface area contributed by atoms with Gasteiger partial charge in [0, 0.05) is 32.2 Å². The van der Waals surface area contributed by atoms with Crippen molar-refractivity contribution in [1.29, 1.82) is 0 Å². The average molecular weight is 393 g/mol. The highest BCUT2D eigenvalue weighted by atomic mass is 79.9. The van der Waals surface area contributed by atoms with Gasteiger partial charge in [-0.05, 0) is 53.0 Å². The Hall–Kier alpha value is -0.500. The average Bonchev–Trinajstić information content (AvgIpc) is 2.44. The molecule has 1 aliphatic heterocycles. The molecule has 124 valence electrons. The fourth-order valence-corrected chi connectivity index (χ4v) is 4.39. The number of nitrogens with one attached hydrogen (secondary N) is 1. The molecule has 0 amide bonds. The summed E-state index contributed by atoms with van der Waals surface area (Å²) in [6, 6.07) is 3.40. The largest absolute Gasteiger partial charge is 0.309 e. The lowest BCUT2D eigenvalue weighted by molar-refractivity contribution is 0.290. The van der Waals surface area contributed by atoms with Crippen LogP contribution in [0.4, 0.5) is 4.39 Å². The molecule has 4 nitrogen and oxygen atoms in total. The third kappa shape index (κ3) is 4.75. The number of nitrogens with zero attached hydrogens (tertiary/aromatic N) is 1. The van der Waals surface area contributed by atoms with Crippen LogP contribution in [0.1, 0.15) is 24.1 Å². The van der Waals surface area contributed by atoms with E-state index in [1.54, 1.807) is 12.1 Å². The highest BCUT2D eigenvalue weighted by Crippen LogP contribution is 2.24. The number of hydrogen-bond donors (Lipinski definition) is 1. The minimum Gasteiger partial charge on any atom is -0.309 e. The Bertz CT molecular complexity index is 623. The van der Waals surface area contributed by atoms with Crippen molar-refractivity contribution in [2.45, 2.75) is 19.9 Å². The Kier molecular flexibility index (Phi) is 5.99. The van der Waals surface area contributed by atoms with Gasteiger partial charge in [-0.15, -0.1) is 0 Å². The molecule has 0 spiro atoms.